The van der Waals surface area contributed by atoms with Crippen molar-refractivity contribution in [1.82, 2.24) is 4.90 Å². The molecular weight excluding hydrogens is 266 g/mol. The van der Waals surface area contributed by atoms with Crippen LogP contribution in [0.15, 0.2) is 0 Å². The minimum Gasteiger partial charge on any atom is -0.481 e. The average molecular weight is 297 g/mol. The summed E-state index contributed by atoms with van der Waals surface area (Å²) in [6.07, 6.45) is 8.27. The molecule has 0 aromatic carbocycles. The second-order valence-electron chi connectivity index (χ2n) is 6.40. The number of likely N-dealkylation sites (tertiary alicyclic amines) is 1. The second-order valence-corrected chi connectivity index (χ2v) is 6.40. The summed E-state index contributed by atoms with van der Waals surface area (Å²) in [7, 11) is 0. The molecular formula is C17H31NO3. The molecule has 1 saturated heterocycles. The number of rotatable bonds is 9. The van der Waals surface area contributed by atoms with Crippen molar-refractivity contribution in [3.8, 4) is 0 Å². The third-order valence-electron chi connectivity index (χ3n) is 4.64. The summed E-state index contributed by atoms with van der Waals surface area (Å²) in [5.41, 5.74) is 0. The van der Waals surface area contributed by atoms with Gasteiger partial charge in [0.2, 0.25) is 5.91 Å². The van der Waals surface area contributed by atoms with E-state index in [0.29, 0.717) is 24.7 Å². The fourth-order valence-corrected chi connectivity index (χ4v) is 3.17. The van der Waals surface area contributed by atoms with E-state index in [9.17, 15) is 9.59 Å². The Balaban J connectivity index is 2.39. The zero-order chi connectivity index (χ0) is 15.7. The number of carboxylic acid groups (broad SMARTS) is 1. The molecule has 1 rings (SSSR count). The molecule has 1 aliphatic rings. The van der Waals surface area contributed by atoms with E-state index in [0.717, 1.165) is 38.8 Å². The van der Waals surface area contributed by atoms with Gasteiger partial charge in [-0.1, -0.05) is 33.1 Å². The Kier molecular flexibility index (Phi) is 8.40. The highest BCUT2D eigenvalue weighted by Crippen LogP contribution is 2.24. The number of hydrogen-bond acceptors (Lipinski definition) is 2. The molecule has 4 heteroatoms. The molecule has 0 aliphatic carbocycles. The Morgan fingerprint density at radius 1 is 1.33 bits per heavy atom. The second kappa shape index (κ2) is 9.80. The van der Waals surface area contributed by atoms with Gasteiger partial charge >= 0.3 is 5.97 Å². The highest BCUT2D eigenvalue weighted by Gasteiger charge is 2.25. The summed E-state index contributed by atoms with van der Waals surface area (Å²) in [5, 5.41) is 8.77. The lowest BCUT2D eigenvalue weighted by atomic mass is 9.91. The highest BCUT2D eigenvalue weighted by molar-refractivity contribution is 5.76. The van der Waals surface area contributed by atoms with E-state index in [1.807, 2.05) is 4.90 Å². The molecule has 1 heterocycles. The first kappa shape index (κ1) is 18.0. The number of carbonyl (C=O) groups excluding carboxylic acids is 1. The summed E-state index contributed by atoms with van der Waals surface area (Å²) in [6.45, 7) is 5.97. The average Bonchev–Trinajstić information content (AvgIpc) is 2.49. The van der Waals surface area contributed by atoms with Gasteiger partial charge in [0.05, 0.1) is 0 Å². The first-order chi connectivity index (χ1) is 10.1. The molecule has 122 valence electrons. The minimum absolute atomic E-state index is 0.223. The van der Waals surface area contributed by atoms with Crippen molar-refractivity contribution in [2.24, 2.45) is 11.8 Å². The largest absolute Gasteiger partial charge is 0.481 e. The van der Waals surface area contributed by atoms with Crippen LogP contribution in [0.5, 0.6) is 0 Å². The van der Waals surface area contributed by atoms with E-state index in [-0.39, 0.29) is 12.3 Å². The number of carboxylic acids is 1. The monoisotopic (exact) mass is 297 g/mol. The predicted molar refractivity (Wildman–Crippen MR) is 84.1 cm³/mol. The summed E-state index contributed by atoms with van der Waals surface area (Å²) in [4.78, 5) is 25.1. The van der Waals surface area contributed by atoms with Gasteiger partial charge in [-0.25, -0.2) is 0 Å². The van der Waals surface area contributed by atoms with Crippen molar-refractivity contribution in [2.75, 3.05) is 13.1 Å². The van der Waals surface area contributed by atoms with Crippen LogP contribution in [0.1, 0.15) is 71.6 Å². The number of piperidine rings is 1. The predicted octanol–water partition coefficient (Wildman–Crippen LogP) is 3.70. The van der Waals surface area contributed by atoms with Crippen LogP contribution in [0.25, 0.3) is 0 Å². The van der Waals surface area contributed by atoms with Crippen molar-refractivity contribution in [1.29, 1.82) is 0 Å². The SMILES string of the molecule is CCCCC(CC)CC(=O)N1CCCC(CCC(=O)O)C1. The van der Waals surface area contributed by atoms with E-state index in [1.54, 1.807) is 0 Å². The third kappa shape index (κ3) is 6.96. The van der Waals surface area contributed by atoms with Crippen LogP contribution in [0, 0.1) is 11.8 Å². The lowest BCUT2D eigenvalue weighted by Crippen LogP contribution is -2.40. The molecule has 21 heavy (non-hydrogen) atoms. The van der Waals surface area contributed by atoms with Crippen molar-refractivity contribution in [3.05, 3.63) is 0 Å². The highest BCUT2D eigenvalue weighted by atomic mass is 16.4. The Morgan fingerprint density at radius 3 is 2.71 bits per heavy atom. The van der Waals surface area contributed by atoms with Gasteiger partial charge in [0, 0.05) is 25.9 Å². The molecule has 0 spiro atoms. The lowest BCUT2D eigenvalue weighted by Gasteiger charge is -2.33. The van der Waals surface area contributed by atoms with E-state index in [4.69, 9.17) is 5.11 Å². The standard InChI is InChI=1S/C17H31NO3/c1-3-5-7-14(4-2)12-16(19)18-11-6-8-15(13-18)9-10-17(20)21/h14-15H,3-13H2,1-2H3,(H,20,21). The van der Waals surface area contributed by atoms with Gasteiger partial charge in [-0.15, -0.1) is 0 Å². The molecule has 2 unspecified atom stereocenters. The molecule has 1 fully saturated rings. The van der Waals surface area contributed by atoms with Gasteiger partial charge in [0.15, 0.2) is 0 Å². The molecule has 0 bridgehead atoms. The van der Waals surface area contributed by atoms with Crippen LogP contribution < -0.4 is 0 Å². The van der Waals surface area contributed by atoms with Gasteiger partial charge < -0.3 is 10.0 Å². The van der Waals surface area contributed by atoms with Gasteiger partial charge in [0.1, 0.15) is 0 Å². The Labute approximate surface area is 128 Å². The summed E-state index contributed by atoms with van der Waals surface area (Å²) in [6, 6.07) is 0. The first-order valence-electron chi connectivity index (χ1n) is 8.56. The molecule has 2 atom stereocenters. The minimum atomic E-state index is -0.732. The molecule has 0 aromatic heterocycles. The smallest absolute Gasteiger partial charge is 0.303 e. The van der Waals surface area contributed by atoms with Gasteiger partial charge in [-0.2, -0.15) is 0 Å². The van der Waals surface area contributed by atoms with Gasteiger partial charge in [0.25, 0.3) is 0 Å². The number of unbranched alkanes of at least 4 members (excludes halogenated alkanes) is 1. The summed E-state index contributed by atoms with van der Waals surface area (Å²) < 4.78 is 0. The van der Waals surface area contributed by atoms with Gasteiger partial charge in [-0.05, 0) is 37.5 Å². The number of carbonyl (C=O) groups is 2. The fourth-order valence-electron chi connectivity index (χ4n) is 3.17. The number of nitrogens with zero attached hydrogens (tertiary/aromatic N) is 1. The summed E-state index contributed by atoms with van der Waals surface area (Å²) >= 11 is 0. The van der Waals surface area contributed by atoms with Crippen LogP contribution in [0.2, 0.25) is 0 Å². The van der Waals surface area contributed by atoms with Crippen molar-refractivity contribution in [2.45, 2.75) is 71.6 Å². The van der Waals surface area contributed by atoms with Crippen LogP contribution in [-0.2, 0) is 9.59 Å². The fraction of sp³-hybridized carbons (Fsp3) is 0.882. The normalized spacial score (nSPS) is 20.3. The maximum Gasteiger partial charge on any atom is 0.303 e. The van der Waals surface area contributed by atoms with E-state index in [1.165, 1.54) is 12.8 Å². The number of amides is 1. The Bertz CT molecular complexity index is 330. The molecule has 4 nitrogen and oxygen atoms in total. The van der Waals surface area contributed by atoms with Crippen molar-refractivity contribution >= 4 is 11.9 Å². The Hall–Kier alpha value is -1.06. The molecule has 1 aliphatic heterocycles. The lowest BCUT2D eigenvalue weighted by molar-refractivity contribution is -0.137. The quantitative estimate of drug-likeness (QED) is 0.706. The molecule has 1 N–H and O–H groups in total. The van der Waals surface area contributed by atoms with Crippen LogP contribution in [0.3, 0.4) is 0 Å². The van der Waals surface area contributed by atoms with Crippen LogP contribution >= 0.6 is 0 Å². The Morgan fingerprint density at radius 2 is 2.10 bits per heavy atom. The molecule has 0 aromatic rings. The zero-order valence-electron chi connectivity index (χ0n) is 13.6. The van der Waals surface area contributed by atoms with E-state index < -0.39 is 5.97 Å². The summed E-state index contributed by atoms with van der Waals surface area (Å²) in [5.74, 6) is 0.424. The number of aliphatic carboxylic acids is 1. The molecule has 1 amide bonds. The van der Waals surface area contributed by atoms with E-state index in [2.05, 4.69) is 13.8 Å². The van der Waals surface area contributed by atoms with Crippen LogP contribution in [-0.4, -0.2) is 35.0 Å². The maximum atomic E-state index is 12.4. The molecule has 0 saturated carbocycles. The maximum absolute atomic E-state index is 12.4. The van der Waals surface area contributed by atoms with Crippen molar-refractivity contribution in [3.63, 3.8) is 0 Å². The third-order valence-corrected chi connectivity index (χ3v) is 4.64. The first-order valence-corrected chi connectivity index (χ1v) is 8.56. The van der Waals surface area contributed by atoms with E-state index >= 15 is 0 Å². The van der Waals surface area contributed by atoms with Gasteiger partial charge in [-0.3, -0.25) is 9.59 Å². The topological polar surface area (TPSA) is 57.6 Å². The molecule has 0 radical (unpaired) electrons. The zero-order valence-corrected chi connectivity index (χ0v) is 13.6. The van der Waals surface area contributed by atoms with Crippen LogP contribution in [0.4, 0.5) is 0 Å². The number of hydrogen-bond donors (Lipinski definition) is 1. The van der Waals surface area contributed by atoms with Crippen molar-refractivity contribution < 1.29 is 14.7 Å².